The summed E-state index contributed by atoms with van der Waals surface area (Å²) in [6, 6.07) is 0.862. The molecule has 0 amide bonds. The molecule has 1 N–H and O–H groups in total. The molecule has 92 valence electrons. The molecule has 1 heterocycles. The molecule has 16 heavy (non-hydrogen) atoms. The van der Waals surface area contributed by atoms with Gasteiger partial charge in [0.25, 0.3) is 0 Å². The van der Waals surface area contributed by atoms with Crippen molar-refractivity contribution in [3.8, 4) is 0 Å². The Labute approximate surface area is 100 Å². The van der Waals surface area contributed by atoms with Crippen LogP contribution < -0.4 is 5.32 Å². The zero-order chi connectivity index (χ0) is 11.4. The molecule has 2 nitrogen and oxygen atoms in total. The van der Waals surface area contributed by atoms with Crippen molar-refractivity contribution in [1.82, 2.24) is 10.2 Å². The van der Waals surface area contributed by atoms with Crippen molar-refractivity contribution in [1.29, 1.82) is 0 Å². The first kappa shape index (κ1) is 12.1. The molecule has 0 bridgehead atoms. The van der Waals surface area contributed by atoms with E-state index < -0.39 is 0 Å². The van der Waals surface area contributed by atoms with Gasteiger partial charge in [-0.05, 0) is 51.1 Å². The highest BCUT2D eigenvalue weighted by Gasteiger charge is 2.24. The second-order valence-electron chi connectivity index (χ2n) is 5.53. The molecule has 1 atom stereocenters. The zero-order valence-corrected chi connectivity index (χ0v) is 10.7. The Morgan fingerprint density at radius 3 is 2.88 bits per heavy atom. The summed E-state index contributed by atoms with van der Waals surface area (Å²) in [6.07, 6.45) is 6.72. The van der Waals surface area contributed by atoms with E-state index in [0.717, 1.165) is 24.9 Å². The number of likely N-dealkylation sites (tertiary alicyclic amines) is 1. The van der Waals surface area contributed by atoms with Crippen molar-refractivity contribution in [2.24, 2.45) is 5.92 Å². The van der Waals surface area contributed by atoms with E-state index in [2.05, 4.69) is 23.7 Å². The van der Waals surface area contributed by atoms with Gasteiger partial charge < -0.3 is 5.32 Å². The van der Waals surface area contributed by atoms with E-state index in [1.165, 1.54) is 50.9 Å². The second kappa shape index (κ2) is 5.83. The first-order chi connectivity index (χ1) is 7.78. The number of nitrogens with one attached hydrogen (secondary N) is 1. The SMILES string of the molecule is C=C(CC)CN1CCCC(CNC2CC2)C1. The Balaban J connectivity index is 1.67. The van der Waals surface area contributed by atoms with E-state index in [1.807, 2.05) is 0 Å². The maximum atomic E-state index is 4.12. The average molecular weight is 222 g/mol. The van der Waals surface area contributed by atoms with Crippen LogP contribution in [0.1, 0.15) is 39.0 Å². The first-order valence-electron chi connectivity index (χ1n) is 6.90. The largest absolute Gasteiger partial charge is 0.314 e. The van der Waals surface area contributed by atoms with Crippen LogP contribution in [-0.4, -0.2) is 37.1 Å². The Kier molecular flexibility index (Phi) is 4.42. The molecule has 0 aromatic heterocycles. The van der Waals surface area contributed by atoms with Crippen LogP contribution in [-0.2, 0) is 0 Å². The van der Waals surface area contributed by atoms with Crippen LogP contribution in [0.5, 0.6) is 0 Å². The third-order valence-corrected chi connectivity index (χ3v) is 3.82. The molecule has 0 aromatic rings. The Morgan fingerprint density at radius 1 is 1.38 bits per heavy atom. The van der Waals surface area contributed by atoms with Gasteiger partial charge in [-0.3, -0.25) is 4.90 Å². The fourth-order valence-corrected chi connectivity index (χ4v) is 2.51. The molecule has 2 rings (SSSR count). The highest BCUT2D eigenvalue weighted by atomic mass is 15.1. The van der Waals surface area contributed by atoms with Gasteiger partial charge in [0, 0.05) is 19.1 Å². The Hall–Kier alpha value is -0.340. The van der Waals surface area contributed by atoms with Crippen molar-refractivity contribution < 1.29 is 0 Å². The smallest absolute Gasteiger partial charge is 0.0190 e. The van der Waals surface area contributed by atoms with Crippen LogP contribution in [0.15, 0.2) is 12.2 Å². The highest BCUT2D eigenvalue weighted by molar-refractivity contribution is 4.97. The van der Waals surface area contributed by atoms with E-state index in [9.17, 15) is 0 Å². The molecule has 0 aromatic carbocycles. The molecular weight excluding hydrogens is 196 g/mol. The van der Waals surface area contributed by atoms with E-state index in [-0.39, 0.29) is 0 Å². The first-order valence-corrected chi connectivity index (χ1v) is 6.90. The van der Waals surface area contributed by atoms with Crippen molar-refractivity contribution in [3.63, 3.8) is 0 Å². The minimum atomic E-state index is 0.862. The molecule has 1 saturated carbocycles. The molecular formula is C14H26N2. The van der Waals surface area contributed by atoms with E-state index in [4.69, 9.17) is 0 Å². The van der Waals surface area contributed by atoms with E-state index in [1.54, 1.807) is 0 Å². The van der Waals surface area contributed by atoms with Gasteiger partial charge in [0.1, 0.15) is 0 Å². The normalized spacial score (nSPS) is 26.9. The standard InChI is InChI=1S/C14H26N2/c1-3-12(2)10-16-8-4-5-13(11-16)9-15-14-6-7-14/h13-15H,2-11H2,1H3. The predicted molar refractivity (Wildman–Crippen MR) is 69.6 cm³/mol. The number of hydrogen-bond acceptors (Lipinski definition) is 2. The summed E-state index contributed by atoms with van der Waals surface area (Å²) in [5, 5.41) is 3.67. The van der Waals surface area contributed by atoms with Crippen molar-refractivity contribution in [2.45, 2.75) is 45.1 Å². The predicted octanol–water partition coefficient (Wildman–Crippen LogP) is 2.42. The summed E-state index contributed by atoms with van der Waals surface area (Å²) in [5.41, 5.74) is 1.39. The van der Waals surface area contributed by atoms with Gasteiger partial charge >= 0.3 is 0 Å². The maximum absolute atomic E-state index is 4.12. The third kappa shape index (κ3) is 3.91. The second-order valence-corrected chi connectivity index (χ2v) is 5.53. The lowest BCUT2D eigenvalue weighted by Crippen LogP contribution is -2.40. The van der Waals surface area contributed by atoms with Gasteiger partial charge in [-0.2, -0.15) is 0 Å². The summed E-state index contributed by atoms with van der Waals surface area (Å²) in [4.78, 5) is 2.59. The van der Waals surface area contributed by atoms with Gasteiger partial charge in [-0.15, -0.1) is 0 Å². The molecule has 1 aliphatic carbocycles. The average Bonchev–Trinajstić information content (AvgIpc) is 3.10. The van der Waals surface area contributed by atoms with E-state index >= 15 is 0 Å². The molecule has 2 aliphatic rings. The lowest BCUT2D eigenvalue weighted by atomic mass is 9.97. The summed E-state index contributed by atoms with van der Waals surface area (Å²) >= 11 is 0. The number of rotatable bonds is 6. The van der Waals surface area contributed by atoms with Crippen molar-refractivity contribution >= 4 is 0 Å². The van der Waals surface area contributed by atoms with E-state index in [0.29, 0.717) is 0 Å². The molecule has 1 aliphatic heterocycles. The number of hydrogen-bond donors (Lipinski definition) is 1. The molecule has 2 fully saturated rings. The number of nitrogens with zero attached hydrogens (tertiary/aromatic N) is 1. The fourth-order valence-electron chi connectivity index (χ4n) is 2.51. The van der Waals surface area contributed by atoms with Crippen molar-refractivity contribution in [3.05, 3.63) is 12.2 Å². The topological polar surface area (TPSA) is 15.3 Å². The molecule has 0 spiro atoms. The van der Waals surface area contributed by atoms with Crippen LogP contribution in [0.2, 0.25) is 0 Å². The van der Waals surface area contributed by atoms with Crippen LogP contribution in [0.4, 0.5) is 0 Å². The molecule has 1 saturated heterocycles. The Morgan fingerprint density at radius 2 is 2.19 bits per heavy atom. The monoisotopic (exact) mass is 222 g/mol. The quantitative estimate of drug-likeness (QED) is 0.694. The summed E-state index contributed by atoms with van der Waals surface area (Å²) in [5.74, 6) is 0.874. The lowest BCUT2D eigenvalue weighted by molar-refractivity contribution is 0.184. The summed E-state index contributed by atoms with van der Waals surface area (Å²) in [7, 11) is 0. The zero-order valence-electron chi connectivity index (χ0n) is 10.7. The van der Waals surface area contributed by atoms with Gasteiger partial charge in [-0.25, -0.2) is 0 Å². The molecule has 1 unspecified atom stereocenters. The van der Waals surface area contributed by atoms with Crippen LogP contribution >= 0.6 is 0 Å². The lowest BCUT2D eigenvalue weighted by Gasteiger charge is -2.33. The Bertz CT molecular complexity index is 233. The van der Waals surface area contributed by atoms with Gasteiger partial charge in [-0.1, -0.05) is 19.1 Å². The minimum absolute atomic E-state index is 0.862. The highest BCUT2D eigenvalue weighted by Crippen LogP contribution is 2.21. The van der Waals surface area contributed by atoms with Gasteiger partial charge in [0.2, 0.25) is 0 Å². The summed E-state index contributed by atoms with van der Waals surface area (Å²) < 4.78 is 0. The number of piperidine rings is 1. The van der Waals surface area contributed by atoms with Crippen LogP contribution in [0, 0.1) is 5.92 Å². The van der Waals surface area contributed by atoms with Crippen LogP contribution in [0.25, 0.3) is 0 Å². The van der Waals surface area contributed by atoms with Crippen LogP contribution in [0.3, 0.4) is 0 Å². The molecule has 2 heteroatoms. The third-order valence-electron chi connectivity index (χ3n) is 3.82. The maximum Gasteiger partial charge on any atom is 0.0190 e. The minimum Gasteiger partial charge on any atom is -0.314 e. The molecule has 0 radical (unpaired) electrons. The van der Waals surface area contributed by atoms with Gasteiger partial charge in [0.05, 0.1) is 0 Å². The van der Waals surface area contributed by atoms with Crippen molar-refractivity contribution in [2.75, 3.05) is 26.2 Å². The fraction of sp³-hybridized carbons (Fsp3) is 0.857. The van der Waals surface area contributed by atoms with Gasteiger partial charge in [0.15, 0.2) is 0 Å². The summed E-state index contributed by atoms with van der Waals surface area (Å²) in [6.45, 7) is 11.2.